The van der Waals surface area contributed by atoms with E-state index in [2.05, 4.69) is 0 Å². The standard InChI is InChI=1S/C14H20N2O4/c17-8-7-15(12-3-1-2-4-12)13-6-5-11(10-18)9-14(13)16(19)20/h5-6,9,12,17-18H,1-4,7-8,10H2. The van der Waals surface area contributed by atoms with Gasteiger partial charge in [0.1, 0.15) is 5.69 Å². The summed E-state index contributed by atoms with van der Waals surface area (Å²) in [6, 6.07) is 5.04. The average Bonchev–Trinajstić information content (AvgIpc) is 2.98. The minimum atomic E-state index is -0.423. The molecule has 0 bridgehead atoms. The Bertz CT molecular complexity index is 472. The molecule has 6 nitrogen and oxygen atoms in total. The number of hydrogen-bond acceptors (Lipinski definition) is 5. The molecule has 1 aromatic rings. The molecule has 1 aliphatic carbocycles. The van der Waals surface area contributed by atoms with Gasteiger partial charge in [0.15, 0.2) is 0 Å². The van der Waals surface area contributed by atoms with E-state index in [1.165, 1.54) is 6.07 Å². The number of nitro groups is 1. The molecule has 0 aliphatic heterocycles. The van der Waals surface area contributed by atoms with Crippen molar-refractivity contribution in [1.29, 1.82) is 0 Å². The molecule has 0 atom stereocenters. The molecule has 0 aromatic heterocycles. The lowest BCUT2D eigenvalue weighted by Crippen LogP contribution is -2.36. The Balaban J connectivity index is 2.38. The first-order valence-electron chi connectivity index (χ1n) is 6.93. The zero-order valence-electron chi connectivity index (χ0n) is 11.4. The van der Waals surface area contributed by atoms with Gasteiger partial charge < -0.3 is 15.1 Å². The summed E-state index contributed by atoms with van der Waals surface area (Å²) in [6.45, 7) is 0.143. The molecule has 6 heteroatoms. The average molecular weight is 280 g/mol. The second kappa shape index (κ2) is 6.67. The van der Waals surface area contributed by atoms with Gasteiger partial charge in [0, 0.05) is 18.7 Å². The van der Waals surface area contributed by atoms with Crippen LogP contribution in [-0.2, 0) is 6.61 Å². The van der Waals surface area contributed by atoms with Crippen LogP contribution in [0.25, 0.3) is 0 Å². The largest absolute Gasteiger partial charge is 0.395 e. The second-order valence-electron chi connectivity index (χ2n) is 5.09. The first-order valence-corrected chi connectivity index (χ1v) is 6.93. The van der Waals surface area contributed by atoms with Crippen LogP contribution in [0.4, 0.5) is 11.4 Å². The van der Waals surface area contributed by atoms with Crippen molar-refractivity contribution in [3.8, 4) is 0 Å². The van der Waals surface area contributed by atoms with Crippen molar-refractivity contribution in [3.05, 3.63) is 33.9 Å². The SMILES string of the molecule is O=[N+]([O-])c1cc(CO)ccc1N(CCO)C1CCCC1. The Morgan fingerprint density at radius 2 is 2.00 bits per heavy atom. The van der Waals surface area contributed by atoms with Gasteiger partial charge in [-0.1, -0.05) is 18.9 Å². The van der Waals surface area contributed by atoms with Crippen LogP contribution in [0, 0.1) is 10.1 Å². The number of benzene rings is 1. The van der Waals surface area contributed by atoms with Crippen molar-refractivity contribution < 1.29 is 15.1 Å². The van der Waals surface area contributed by atoms with Crippen molar-refractivity contribution >= 4 is 11.4 Å². The minimum Gasteiger partial charge on any atom is -0.395 e. The molecule has 0 saturated heterocycles. The van der Waals surface area contributed by atoms with E-state index in [4.69, 9.17) is 5.11 Å². The third kappa shape index (κ3) is 3.08. The predicted octanol–water partition coefficient (Wildman–Crippen LogP) is 1.83. The van der Waals surface area contributed by atoms with E-state index in [1.54, 1.807) is 12.1 Å². The molecule has 0 amide bonds. The number of nitrogens with zero attached hydrogens (tertiary/aromatic N) is 2. The topological polar surface area (TPSA) is 86.8 Å². The fourth-order valence-electron chi connectivity index (χ4n) is 2.88. The van der Waals surface area contributed by atoms with Gasteiger partial charge in [0.05, 0.1) is 18.1 Å². The number of hydrogen-bond donors (Lipinski definition) is 2. The van der Waals surface area contributed by atoms with Crippen LogP contribution < -0.4 is 4.90 Å². The second-order valence-corrected chi connectivity index (χ2v) is 5.09. The molecule has 1 aromatic carbocycles. The van der Waals surface area contributed by atoms with Crippen LogP contribution in [0.1, 0.15) is 31.2 Å². The highest BCUT2D eigenvalue weighted by Crippen LogP contribution is 2.34. The molecule has 1 fully saturated rings. The van der Waals surface area contributed by atoms with E-state index in [9.17, 15) is 15.2 Å². The van der Waals surface area contributed by atoms with E-state index in [1.807, 2.05) is 4.90 Å². The zero-order chi connectivity index (χ0) is 14.5. The maximum absolute atomic E-state index is 11.2. The summed E-state index contributed by atoms with van der Waals surface area (Å²) in [5.41, 5.74) is 1.06. The Hall–Kier alpha value is -1.66. The number of rotatable bonds is 6. The van der Waals surface area contributed by atoms with Crippen molar-refractivity contribution in [3.63, 3.8) is 0 Å². The summed E-state index contributed by atoms with van der Waals surface area (Å²) < 4.78 is 0. The van der Waals surface area contributed by atoms with E-state index in [-0.39, 0.29) is 24.9 Å². The minimum absolute atomic E-state index is 0.00287. The van der Waals surface area contributed by atoms with Crippen LogP contribution >= 0.6 is 0 Å². The Labute approximate surface area is 117 Å². The molecule has 1 aliphatic rings. The highest BCUT2D eigenvalue weighted by atomic mass is 16.6. The third-order valence-corrected chi connectivity index (χ3v) is 3.83. The first-order chi connectivity index (χ1) is 9.67. The molecular weight excluding hydrogens is 260 g/mol. The lowest BCUT2D eigenvalue weighted by atomic mass is 10.1. The molecule has 1 saturated carbocycles. The quantitative estimate of drug-likeness (QED) is 0.613. The summed E-state index contributed by atoms with van der Waals surface area (Å²) in [4.78, 5) is 12.8. The van der Waals surface area contributed by atoms with Crippen molar-refractivity contribution in [2.75, 3.05) is 18.1 Å². The van der Waals surface area contributed by atoms with Crippen molar-refractivity contribution in [2.24, 2.45) is 0 Å². The molecule has 0 spiro atoms. The van der Waals surface area contributed by atoms with E-state index in [0.29, 0.717) is 17.8 Å². The summed E-state index contributed by atoms with van der Waals surface area (Å²) in [7, 11) is 0. The maximum atomic E-state index is 11.2. The van der Waals surface area contributed by atoms with Gasteiger partial charge in [0.2, 0.25) is 0 Å². The number of aliphatic hydroxyl groups is 2. The maximum Gasteiger partial charge on any atom is 0.292 e. The first kappa shape index (κ1) is 14.7. The van der Waals surface area contributed by atoms with Crippen molar-refractivity contribution in [1.82, 2.24) is 0 Å². The predicted molar refractivity (Wildman–Crippen MR) is 75.7 cm³/mol. The van der Waals surface area contributed by atoms with E-state index in [0.717, 1.165) is 25.7 Å². The monoisotopic (exact) mass is 280 g/mol. The van der Waals surface area contributed by atoms with Gasteiger partial charge in [-0.3, -0.25) is 10.1 Å². The number of aliphatic hydroxyl groups excluding tert-OH is 2. The van der Waals surface area contributed by atoms with Gasteiger partial charge in [0.25, 0.3) is 5.69 Å². The van der Waals surface area contributed by atoms with Crippen LogP contribution in [0.15, 0.2) is 18.2 Å². The summed E-state index contributed by atoms with van der Waals surface area (Å²) >= 11 is 0. The smallest absolute Gasteiger partial charge is 0.292 e. The van der Waals surface area contributed by atoms with Crippen LogP contribution in [0.2, 0.25) is 0 Å². The van der Waals surface area contributed by atoms with Crippen LogP contribution in [0.3, 0.4) is 0 Å². The van der Waals surface area contributed by atoms with Gasteiger partial charge in [-0.25, -0.2) is 0 Å². The highest BCUT2D eigenvalue weighted by Gasteiger charge is 2.27. The number of nitro benzene ring substituents is 1. The van der Waals surface area contributed by atoms with Gasteiger partial charge in [-0.05, 0) is 24.5 Å². The third-order valence-electron chi connectivity index (χ3n) is 3.83. The van der Waals surface area contributed by atoms with E-state index >= 15 is 0 Å². The molecule has 0 unspecified atom stereocenters. The Morgan fingerprint density at radius 1 is 1.30 bits per heavy atom. The molecule has 20 heavy (non-hydrogen) atoms. The normalized spacial score (nSPS) is 15.5. The lowest BCUT2D eigenvalue weighted by Gasteiger charge is -2.30. The highest BCUT2D eigenvalue weighted by molar-refractivity contribution is 5.65. The van der Waals surface area contributed by atoms with Gasteiger partial charge >= 0.3 is 0 Å². The van der Waals surface area contributed by atoms with E-state index < -0.39 is 4.92 Å². The summed E-state index contributed by atoms with van der Waals surface area (Å²) in [6.07, 6.45) is 4.24. The number of anilines is 1. The lowest BCUT2D eigenvalue weighted by molar-refractivity contribution is -0.384. The molecule has 0 radical (unpaired) electrons. The summed E-state index contributed by atoms with van der Waals surface area (Å²) in [5, 5.41) is 29.6. The fourth-order valence-corrected chi connectivity index (χ4v) is 2.88. The van der Waals surface area contributed by atoms with Gasteiger partial charge in [-0.15, -0.1) is 0 Å². The Kier molecular flexibility index (Phi) is 4.92. The van der Waals surface area contributed by atoms with Crippen LogP contribution in [0.5, 0.6) is 0 Å². The van der Waals surface area contributed by atoms with Crippen LogP contribution in [-0.4, -0.2) is 34.3 Å². The molecular formula is C14H20N2O4. The summed E-state index contributed by atoms with van der Waals surface area (Å²) in [5.74, 6) is 0. The zero-order valence-corrected chi connectivity index (χ0v) is 11.4. The van der Waals surface area contributed by atoms with Gasteiger partial charge in [-0.2, -0.15) is 0 Å². The molecule has 110 valence electrons. The molecule has 2 rings (SSSR count). The van der Waals surface area contributed by atoms with Crippen molar-refractivity contribution in [2.45, 2.75) is 38.3 Å². The molecule has 0 heterocycles. The fraction of sp³-hybridized carbons (Fsp3) is 0.571. The Morgan fingerprint density at radius 3 is 2.55 bits per heavy atom. The molecule has 2 N–H and O–H groups in total.